The molecule has 4 aromatic rings. The average Bonchev–Trinajstić information content (AvgIpc) is 3.29. The third-order valence-corrected chi connectivity index (χ3v) is 5.84. The summed E-state index contributed by atoms with van der Waals surface area (Å²) in [6, 6.07) is 8.34. The first-order valence-electron chi connectivity index (χ1n) is 11.4. The van der Waals surface area contributed by atoms with E-state index in [1.165, 1.54) is 16.8 Å². The van der Waals surface area contributed by atoms with Gasteiger partial charge in [0.15, 0.2) is 5.82 Å². The minimum atomic E-state index is 0.483. The van der Waals surface area contributed by atoms with E-state index in [-0.39, 0.29) is 0 Å². The molecule has 0 bridgehead atoms. The molecule has 3 heterocycles. The molecule has 3 aromatic heterocycles. The average molecular weight is 445 g/mol. The van der Waals surface area contributed by atoms with Gasteiger partial charge in [0.05, 0.1) is 11.4 Å². The quantitative estimate of drug-likeness (QED) is 0.432. The number of benzene rings is 1. The van der Waals surface area contributed by atoms with Crippen LogP contribution in [0.25, 0.3) is 23.3 Å². The van der Waals surface area contributed by atoms with Gasteiger partial charge in [-0.05, 0) is 90.8 Å². The summed E-state index contributed by atoms with van der Waals surface area (Å²) in [6.45, 7) is 18.5. The minimum Gasteiger partial charge on any atom is -0.372 e. The lowest BCUT2D eigenvalue weighted by molar-refractivity contribution is 0.720. The fourth-order valence-corrected chi connectivity index (χ4v) is 4.46. The van der Waals surface area contributed by atoms with Gasteiger partial charge in [-0.15, -0.1) is 0 Å². The van der Waals surface area contributed by atoms with Crippen molar-refractivity contribution in [2.45, 2.75) is 55.4 Å². The van der Waals surface area contributed by atoms with E-state index >= 15 is 0 Å². The Kier molecular flexibility index (Phi) is 6.01. The predicted molar refractivity (Wildman–Crippen MR) is 131 cm³/mol. The van der Waals surface area contributed by atoms with Crippen LogP contribution >= 0.6 is 0 Å². The van der Waals surface area contributed by atoms with E-state index in [4.69, 9.17) is 15.0 Å². The molecular formula is C25H32N8. The first-order valence-corrected chi connectivity index (χ1v) is 11.4. The SMILES string of the molecule is CCN(CC)c1c(C)cc(-c2nc(-n3nc(C)cc3C)nc(-n3nc(C)cc3C)n2)cc1C. The summed E-state index contributed by atoms with van der Waals surface area (Å²) in [4.78, 5) is 16.8. The number of anilines is 1. The fourth-order valence-electron chi connectivity index (χ4n) is 4.46. The van der Waals surface area contributed by atoms with Crippen LogP contribution in [0.2, 0.25) is 0 Å². The molecule has 8 heteroatoms. The molecule has 0 N–H and O–H groups in total. The van der Waals surface area contributed by atoms with Gasteiger partial charge in [0.25, 0.3) is 11.9 Å². The molecule has 0 spiro atoms. The molecule has 8 nitrogen and oxygen atoms in total. The molecule has 0 radical (unpaired) electrons. The summed E-state index contributed by atoms with van der Waals surface area (Å²) in [5, 5.41) is 9.20. The molecule has 33 heavy (non-hydrogen) atoms. The van der Waals surface area contributed by atoms with Crippen LogP contribution in [0.4, 0.5) is 5.69 Å². The summed E-state index contributed by atoms with van der Waals surface area (Å²) in [6.07, 6.45) is 0. The zero-order valence-electron chi connectivity index (χ0n) is 20.8. The van der Waals surface area contributed by atoms with Crippen molar-refractivity contribution in [1.82, 2.24) is 34.5 Å². The van der Waals surface area contributed by atoms with Crippen molar-refractivity contribution in [2.75, 3.05) is 18.0 Å². The molecule has 0 fully saturated rings. The molecule has 0 saturated heterocycles. The topological polar surface area (TPSA) is 77.5 Å². The molecule has 0 aliphatic heterocycles. The number of aromatic nitrogens is 7. The summed E-state index contributed by atoms with van der Waals surface area (Å²) in [7, 11) is 0. The lowest BCUT2D eigenvalue weighted by Gasteiger charge is -2.26. The lowest BCUT2D eigenvalue weighted by Crippen LogP contribution is -2.23. The Balaban J connectivity index is 1.93. The van der Waals surface area contributed by atoms with Gasteiger partial charge >= 0.3 is 0 Å². The molecule has 0 aliphatic carbocycles. The molecule has 172 valence electrons. The Morgan fingerprint density at radius 3 is 1.48 bits per heavy atom. The van der Waals surface area contributed by atoms with Crippen molar-refractivity contribution < 1.29 is 0 Å². The Morgan fingerprint density at radius 2 is 1.12 bits per heavy atom. The van der Waals surface area contributed by atoms with Crippen LogP contribution in [0.5, 0.6) is 0 Å². The molecule has 0 amide bonds. The second kappa shape index (κ2) is 8.77. The third-order valence-electron chi connectivity index (χ3n) is 5.84. The highest BCUT2D eigenvalue weighted by Crippen LogP contribution is 2.30. The number of rotatable bonds is 6. The van der Waals surface area contributed by atoms with E-state index in [9.17, 15) is 0 Å². The Morgan fingerprint density at radius 1 is 0.667 bits per heavy atom. The van der Waals surface area contributed by atoms with Crippen LogP contribution in [0.15, 0.2) is 24.3 Å². The zero-order chi connectivity index (χ0) is 23.9. The minimum absolute atomic E-state index is 0.483. The van der Waals surface area contributed by atoms with Crippen LogP contribution < -0.4 is 4.90 Å². The maximum Gasteiger partial charge on any atom is 0.256 e. The first-order chi connectivity index (χ1) is 15.7. The van der Waals surface area contributed by atoms with E-state index in [0.29, 0.717) is 17.7 Å². The summed E-state index contributed by atoms with van der Waals surface area (Å²) < 4.78 is 3.53. The van der Waals surface area contributed by atoms with Crippen molar-refractivity contribution in [3.05, 3.63) is 58.2 Å². The van der Waals surface area contributed by atoms with Crippen molar-refractivity contribution >= 4 is 5.69 Å². The highest BCUT2D eigenvalue weighted by atomic mass is 15.4. The van der Waals surface area contributed by atoms with Crippen LogP contribution in [-0.4, -0.2) is 47.6 Å². The van der Waals surface area contributed by atoms with Crippen LogP contribution in [-0.2, 0) is 0 Å². The van der Waals surface area contributed by atoms with Gasteiger partial charge in [-0.1, -0.05) is 0 Å². The number of aryl methyl sites for hydroxylation is 6. The maximum atomic E-state index is 4.83. The Labute approximate surface area is 195 Å². The van der Waals surface area contributed by atoms with Gasteiger partial charge in [0, 0.05) is 35.7 Å². The molecule has 4 rings (SSSR count). The first kappa shape index (κ1) is 22.6. The van der Waals surface area contributed by atoms with Crippen molar-refractivity contribution in [2.24, 2.45) is 0 Å². The van der Waals surface area contributed by atoms with E-state index in [0.717, 1.165) is 41.4 Å². The summed E-state index contributed by atoms with van der Waals surface area (Å²) in [5.74, 6) is 1.57. The van der Waals surface area contributed by atoms with Crippen molar-refractivity contribution in [3.63, 3.8) is 0 Å². The lowest BCUT2D eigenvalue weighted by atomic mass is 10.0. The normalized spacial score (nSPS) is 11.3. The van der Waals surface area contributed by atoms with E-state index in [1.54, 1.807) is 9.36 Å². The smallest absolute Gasteiger partial charge is 0.256 e. The zero-order valence-corrected chi connectivity index (χ0v) is 20.8. The van der Waals surface area contributed by atoms with Gasteiger partial charge in [-0.3, -0.25) is 0 Å². The highest BCUT2D eigenvalue weighted by molar-refractivity contribution is 5.68. The van der Waals surface area contributed by atoms with Gasteiger partial charge in [0.1, 0.15) is 0 Å². The van der Waals surface area contributed by atoms with Gasteiger partial charge in [-0.25, -0.2) is 9.36 Å². The molecule has 0 atom stereocenters. The highest BCUT2D eigenvalue weighted by Gasteiger charge is 2.18. The van der Waals surface area contributed by atoms with Crippen LogP contribution in [0, 0.1) is 41.5 Å². The van der Waals surface area contributed by atoms with Crippen LogP contribution in [0.3, 0.4) is 0 Å². The number of hydrogen-bond donors (Lipinski definition) is 0. The summed E-state index contributed by atoms with van der Waals surface area (Å²) in [5.41, 5.74) is 8.39. The van der Waals surface area contributed by atoms with E-state index < -0.39 is 0 Å². The number of nitrogens with zero attached hydrogens (tertiary/aromatic N) is 8. The van der Waals surface area contributed by atoms with E-state index in [1.807, 2.05) is 39.8 Å². The van der Waals surface area contributed by atoms with Crippen molar-refractivity contribution in [3.8, 4) is 23.3 Å². The monoisotopic (exact) mass is 444 g/mol. The van der Waals surface area contributed by atoms with Gasteiger partial charge < -0.3 is 4.90 Å². The molecule has 0 saturated carbocycles. The third kappa shape index (κ3) is 4.25. The molecular weight excluding hydrogens is 412 g/mol. The molecule has 0 aliphatic rings. The molecule has 1 aromatic carbocycles. The van der Waals surface area contributed by atoms with Gasteiger partial charge in [-0.2, -0.15) is 25.1 Å². The van der Waals surface area contributed by atoms with E-state index in [2.05, 4.69) is 54.9 Å². The number of hydrogen-bond acceptors (Lipinski definition) is 6. The predicted octanol–water partition coefficient (Wildman–Crippen LogP) is 4.61. The molecule has 0 unspecified atom stereocenters. The Bertz CT molecular complexity index is 1220. The van der Waals surface area contributed by atoms with Gasteiger partial charge in [0.2, 0.25) is 0 Å². The fraction of sp³-hybridized carbons (Fsp3) is 0.400. The second-order valence-electron chi connectivity index (χ2n) is 8.57. The van der Waals surface area contributed by atoms with Crippen LogP contribution in [0.1, 0.15) is 47.8 Å². The largest absolute Gasteiger partial charge is 0.372 e. The standard InChI is InChI=1S/C25H32N8/c1-9-31(10-2)22-15(3)11-21(12-16(22)4)23-26-24(32-19(7)13-17(5)29-32)28-25(27-23)33-20(8)14-18(6)30-33/h11-14H,9-10H2,1-8H3. The summed E-state index contributed by atoms with van der Waals surface area (Å²) >= 11 is 0. The Hall–Kier alpha value is -3.55. The maximum absolute atomic E-state index is 4.83. The second-order valence-corrected chi connectivity index (χ2v) is 8.57. The van der Waals surface area contributed by atoms with Crippen molar-refractivity contribution in [1.29, 1.82) is 0 Å².